The Hall–Kier alpha value is -2.70. The fourth-order valence-electron chi connectivity index (χ4n) is 1.87. The zero-order chi connectivity index (χ0) is 14.7. The van der Waals surface area contributed by atoms with E-state index < -0.39 is 11.9 Å². The summed E-state index contributed by atoms with van der Waals surface area (Å²) in [6.45, 7) is 0.108. The van der Waals surface area contributed by atoms with Gasteiger partial charge in [-0.3, -0.25) is 9.59 Å². The summed E-state index contributed by atoms with van der Waals surface area (Å²) in [6.07, 6.45) is 0.243. The van der Waals surface area contributed by atoms with E-state index in [9.17, 15) is 14.4 Å². The van der Waals surface area contributed by atoms with Crippen LogP contribution in [-0.2, 0) is 16.1 Å². The molecule has 3 N–H and O–H groups in total. The van der Waals surface area contributed by atoms with E-state index >= 15 is 0 Å². The molecule has 0 saturated carbocycles. The minimum absolute atomic E-state index is 0.0457. The van der Waals surface area contributed by atoms with Gasteiger partial charge in [0.25, 0.3) is 0 Å². The summed E-state index contributed by atoms with van der Waals surface area (Å²) < 4.78 is 0. The predicted molar refractivity (Wildman–Crippen MR) is 69.8 cm³/mol. The molecule has 1 aromatic carbocycles. The van der Waals surface area contributed by atoms with E-state index in [-0.39, 0.29) is 31.0 Å². The monoisotopic (exact) mass is 275 g/mol. The number of aliphatic carboxylic acids is 1. The number of amides is 2. The summed E-state index contributed by atoms with van der Waals surface area (Å²) in [4.78, 5) is 33.7. The molecule has 2 amide bonds. The van der Waals surface area contributed by atoms with E-state index in [4.69, 9.17) is 10.8 Å². The summed E-state index contributed by atoms with van der Waals surface area (Å²) in [5.41, 5.74) is 6.12. The minimum atomic E-state index is -1.13. The number of hydrazone groups is 1. The predicted octanol–water partition coefficient (Wildman–Crippen LogP) is 0.348. The second-order valence-corrected chi connectivity index (χ2v) is 4.37. The van der Waals surface area contributed by atoms with Gasteiger partial charge in [-0.25, -0.2) is 9.80 Å². The van der Waals surface area contributed by atoms with Gasteiger partial charge in [0.2, 0.25) is 11.8 Å². The Morgan fingerprint density at radius 1 is 1.35 bits per heavy atom. The lowest BCUT2D eigenvalue weighted by Crippen LogP contribution is -2.33. The standard InChI is InChI=1S/C13H13N3O4/c14-12(18)9-3-1-2-8(6-9)7-16-11(17)5-4-10(15-16)13(19)20/h1-3,6H,4-5,7H2,(H2,14,18)(H,19,20). The molecule has 0 fully saturated rings. The number of benzene rings is 1. The van der Waals surface area contributed by atoms with Crippen LogP contribution in [0.25, 0.3) is 0 Å². The molecule has 104 valence electrons. The van der Waals surface area contributed by atoms with E-state index in [2.05, 4.69) is 5.10 Å². The Kier molecular flexibility index (Phi) is 3.79. The van der Waals surface area contributed by atoms with Crippen LogP contribution in [0.15, 0.2) is 29.4 Å². The van der Waals surface area contributed by atoms with E-state index in [0.29, 0.717) is 11.1 Å². The maximum Gasteiger partial charge on any atom is 0.352 e. The molecule has 0 unspecified atom stereocenters. The second kappa shape index (κ2) is 5.52. The molecular weight excluding hydrogens is 262 g/mol. The van der Waals surface area contributed by atoms with Gasteiger partial charge < -0.3 is 10.8 Å². The van der Waals surface area contributed by atoms with Gasteiger partial charge in [-0.15, -0.1) is 0 Å². The van der Waals surface area contributed by atoms with Crippen molar-refractivity contribution in [2.75, 3.05) is 0 Å². The second-order valence-electron chi connectivity index (χ2n) is 4.37. The van der Waals surface area contributed by atoms with Crippen molar-refractivity contribution in [3.63, 3.8) is 0 Å². The number of carbonyl (C=O) groups is 3. The normalized spacial score (nSPS) is 14.9. The first-order chi connectivity index (χ1) is 9.47. The van der Waals surface area contributed by atoms with Gasteiger partial charge in [-0.05, 0) is 17.7 Å². The lowest BCUT2D eigenvalue weighted by molar-refractivity contribution is -0.133. The third-order valence-electron chi connectivity index (χ3n) is 2.90. The average Bonchev–Trinajstić information content (AvgIpc) is 2.41. The van der Waals surface area contributed by atoms with Crippen LogP contribution in [0.5, 0.6) is 0 Å². The van der Waals surface area contributed by atoms with Crippen LogP contribution in [0.2, 0.25) is 0 Å². The third-order valence-corrected chi connectivity index (χ3v) is 2.90. The summed E-state index contributed by atoms with van der Waals surface area (Å²) >= 11 is 0. The van der Waals surface area contributed by atoms with Crippen molar-refractivity contribution in [2.45, 2.75) is 19.4 Å². The number of hydrogen-bond donors (Lipinski definition) is 2. The number of nitrogens with zero attached hydrogens (tertiary/aromatic N) is 2. The van der Waals surface area contributed by atoms with E-state index in [1.54, 1.807) is 24.3 Å². The third kappa shape index (κ3) is 3.00. The highest BCUT2D eigenvalue weighted by molar-refractivity contribution is 6.36. The van der Waals surface area contributed by atoms with Crippen molar-refractivity contribution in [1.29, 1.82) is 0 Å². The number of nitrogens with two attached hydrogens (primary N) is 1. The number of carboxylic acid groups (broad SMARTS) is 1. The molecule has 20 heavy (non-hydrogen) atoms. The fraction of sp³-hybridized carbons (Fsp3) is 0.231. The highest BCUT2D eigenvalue weighted by Crippen LogP contribution is 2.14. The van der Waals surface area contributed by atoms with Crippen LogP contribution in [-0.4, -0.2) is 33.6 Å². The summed E-state index contributed by atoms with van der Waals surface area (Å²) in [5.74, 6) is -1.94. The van der Waals surface area contributed by atoms with Crippen LogP contribution in [0.3, 0.4) is 0 Å². The van der Waals surface area contributed by atoms with E-state index in [1.165, 1.54) is 0 Å². The molecule has 0 atom stereocenters. The lowest BCUT2D eigenvalue weighted by Gasteiger charge is -2.22. The maximum atomic E-state index is 11.7. The number of carbonyl (C=O) groups excluding carboxylic acids is 2. The van der Waals surface area contributed by atoms with Crippen LogP contribution in [0.4, 0.5) is 0 Å². The van der Waals surface area contributed by atoms with Crippen LogP contribution < -0.4 is 5.73 Å². The molecule has 0 aliphatic carbocycles. The zero-order valence-corrected chi connectivity index (χ0v) is 10.6. The Balaban J connectivity index is 2.22. The molecule has 0 aromatic heterocycles. The first-order valence-electron chi connectivity index (χ1n) is 5.97. The molecule has 2 rings (SSSR count). The molecule has 0 bridgehead atoms. The Labute approximate surface area is 114 Å². The van der Waals surface area contributed by atoms with Gasteiger partial charge >= 0.3 is 5.97 Å². The van der Waals surface area contributed by atoms with Gasteiger partial charge in [0.1, 0.15) is 5.71 Å². The molecular formula is C13H13N3O4. The fourth-order valence-corrected chi connectivity index (χ4v) is 1.87. The van der Waals surface area contributed by atoms with Gasteiger partial charge in [-0.2, -0.15) is 5.10 Å². The number of rotatable bonds is 4. The molecule has 1 heterocycles. The van der Waals surface area contributed by atoms with Crippen molar-refractivity contribution < 1.29 is 19.5 Å². The van der Waals surface area contributed by atoms with Crippen LogP contribution in [0, 0.1) is 0 Å². The maximum absolute atomic E-state index is 11.7. The quantitative estimate of drug-likeness (QED) is 0.825. The van der Waals surface area contributed by atoms with E-state index in [1.807, 2.05) is 0 Å². The molecule has 1 aliphatic rings. The van der Waals surface area contributed by atoms with E-state index in [0.717, 1.165) is 5.01 Å². The van der Waals surface area contributed by atoms with Crippen LogP contribution in [0.1, 0.15) is 28.8 Å². The lowest BCUT2D eigenvalue weighted by atomic mass is 10.1. The molecule has 0 radical (unpaired) electrons. The Bertz CT molecular complexity index is 609. The summed E-state index contributed by atoms with van der Waals surface area (Å²) in [7, 11) is 0. The SMILES string of the molecule is NC(=O)c1cccc(CN2N=C(C(=O)O)CCC2=O)c1. The molecule has 1 aromatic rings. The highest BCUT2D eigenvalue weighted by atomic mass is 16.4. The first kappa shape index (κ1) is 13.7. The van der Waals surface area contributed by atoms with Gasteiger partial charge in [0, 0.05) is 18.4 Å². The molecule has 7 heteroatoms. The van der Waals surface area contributed by atoms with Crippen molar-refractivity contribution in [3.8, 4) is 0 Å². The number of hydrogen-bond acceptors (Lipinski definition) is 4. The smallest absolute Gasteiger partial charge is 0.352 e. The molecule has 7 nitrogen and oxygen atoms in total. The first-order valence-corrected chi connectivity index (χ1v) is 5.97. The summed E-state index contributed by atoms with van der Waals surface area (Å²) in [6, 6.07) is 6.48. The van der Waals surface area contributed by atoms with Crippen molar-refractivity contribution in [2.24, 2.45) is 10.8 Å². The Morgan fingerprint density at radius 2 is 2.10 bits per heavy atom. The largest absolute Gasteiger partial charge is 0.477 e. The Morgan fingerprint density at radius 3 is 2.75 bits per heavy atom. The number of primary amides is 1. The van der Waals surface area contributed by atoms with Crippen molar-refractivity contribution >= 4 is 23.5 Å². The summed E-state index contributed by atoms with van der Waals surface area (Å²) in [5, 5.41) is 13.8. The zero-order valence-electron chi connectivity index (χ0n) is 10.6. The van der Waals surface area contributed by atoms with Crippen molar-refractivity contribution in [1.82, 2.24) is 5.01 Å². The molecule has 0 saturated heterocycles. The van der Waals surface area contributed by atoms with Gasteiger partial charge in [0.15, 0.2) is 0 Å². The number of carboxylic acids is 1. The van der Waals surface area contributed by atoms with Crippen LogP contribution >= 0.6 is 0 Å². The minimum Gasteiger partial charge on any atom is -0.477 e. The highest BCUT2D eigenvalue weighted by Gasteiger charge is 2.24. The average molecular weight is 275 g/mol. The molecule has 0 spiro atoms. The van der Waals surface area contributed by atoms with Gasteiger partial charge in [-0.1, -0.05) is 12.1 Å². The van der Waals surface area contributed by atoms with Crippen molar-refractivity contribution in [3.05, 3.63) is 35.4 Å². The van der Waals surface area contributed by atoms with Gasteiger partial charge in [0.05, 0.1) is 6.54 Å². The topological polar surface area (TPSA) is 113 Å². The molecule has 1 aliphatic heterocycles.